The highest BCUT2D eigenvalue weighted by Crippen LogP contribution is 2.32. The summed E-state index contributed by atoms with van der Waals surface area (Å²) in [7, 11) is 0. The van der Waals surface area contributed by atoms with Crippen LogP contribution >= 0.6 is 0 Å². The van der Waals surface area contributed by atoms with E-state index in [1.165, 1.54) is 0 Å². The Labute approximate surface area is 355 Å². The highest BCUT2D eigenvalue weighted by Gasteiger charge is 2.47. The molecule has 1 heterocycles. The zero-order valence-corrected chi connectivity index (χ0v) is 35.0. The minimum atomic E-state index is -2.46. The van der Waals surface area contributed by atoms with Crippen LogP contribution in [0.2, 0.25) is 0 Å². The number of carboxylic acids is 1. The molecule has 0 radical (unpaired) electrons. The second-order valence-corrected chi connectivity index (χ2v) is 16.5. The maximum Gasteiger partial charge on any atom is 0.339 e. The summed E-state index contributed by atoms with van der Waals surface area (Å²) in [6.45, 7) is 7.60. The number of amides is 6. The van der Waals surface area contributed by atoms with Gasteiger partial charge in [0.15, 0.2) is 23.3 Å². The van der Waals surface area contributed by atoms with E-state index >= 15 is 4.39 Å². The number of aromatic carboxylic acids is 1. The normalized spacial score (nSPS) is 18.2. The molecule has 2 aromatic rings. The van der Waals surface area contributed by atoms with E-state index in [0.29, 0.717) is 31.2 Å². The number of carbonyl (C=O) groups is 8. The Balaban J connectivity index is 1.58. The Bertz CT molecular complexity index is 2090. The molecule has 2 aliphatic rings. The first-order valence-electron chi connectivity index (χ1n) is 20.2. The van der Waals surface area contributed by atoms with Crippen molar-refractivity contribution in [3.8, 4) is 0 Å². The summed E-state index contributed by atoms with van der Waals surface area (Å²) >= 11 is 0. The summed E-state index contributed by atoms with van der Waals surface area (Å²) in [6, 6.07) is 0.904. The average molecular weight is 877 g/mol. The number of likely N-dealkylation sites (tertiary alicyclic amines) is 1. The molecule has 1 aliphatic heterocycles. The molecule has 2 unspecified atom stereocenters. The lowest BCUT2D eigenvalue weighted by Gasteiger charge is -2.35. The molecule has 1 aliphatic carbocycles. The van der Waals surface area contributed by atoms with Crippen LogP contribution in [0.25, 0.3) is 0 Å². The smallest absolute Gasteiger partial charge is 0.339 e. The van der Waals surface area contributed by atoms with Gasteiger partial charge in [-0.2, -0.15) is 0 Å². The molecule has 6 amide bonds. The minimum Gasteiger partial charge on any atom is -0.478 e. The maximum absolute atomic E-state index is 15.1. The van der Waals surface area contributed by atoms with Gasteiger partial charge in [-0.05, 0) is 58.4 Å². The number of nitrogens with two attached hydrogens (primary N) is 1. The Morgan fingerprint density at radius 2 is 1.53 bits per heavy atom. The Kier molecular flexibility index (Phi) is 16.3. The van der Waals surface area contributed by atoms with Crippen LogP contribution in [-0.4, -0.2) is 100 Å². The highest BCUT2D eigenvalue weighted by atomic mass is 19.2. The van der Waals surface area contributed by atoms with E-state index in [1.54, 1.807) is 58.9 Å². The van der Waals surface area contributed by atoms with Crippen molar-refractivity contribution in [3.05, 3.63) is 69.8 Å². The molecule has 0 aromatic heterocycles. The summed E-state index contributed by atoms with van der Waals surface area (Å²) in [6.07, 6.45) is 1.79. The number of primary amides is 1. The fourth-order valence-corrected chi connectivity index (χ4v) is 7.77. The van der Waals surface area contributed by atoms with Crippen LogP contribution in [0.3, 0.4) is 0 Å². The van der Waals surface area contributed by atoms with Gasteiger partial charge in [-0.1, -0.05) is 62.4 Å². The third-order valence-electron chi connectivity index (χ3n) is 10.6. The highest BCUT2D eigenvalue weighted by molar-refractivity contribution is 6.38. The number of ether oxygens (including phenoxy) is 1. The summed E-state index contributed by atoms with van der Waals surface area (Å²) in [5, 5.41) is 18.9. The zero-order valence-electron chi connectivity index (χ0n) is 35.0. The van der Waals surface area contributed by atoms with Gasteiger partial charge in [-0.3, -0.25) is 33.6 Å². The number of nitrogens with zero attached hydrogens (tertiary/aromatic N) is 1. The van der Waals surface area contributed by atoms with E-state index in [2.05, 4.69) is 21.3 Å². The molecule has 5 atom stereocenters. The largest absolute Gasteiger partial charge is 0.478 e. The van der Waals surface area contributed by atoms with Crippen molar-refractivity contribution in [1.82, 2.24) is 26.2 Å². The van der Waals surface area contributed by atoms with E-state index in [-0.39, 0.29) is 25.8 Å². The van der Waals surface area contributed by atoms with E-state index in [1.807, 2.05) is 0 Å². The van der Waals surface area contributed by atoms with Gasteiger partial charge in [0.25, 0.3) is 11.8 Å². The summed E-state index contributed by atoms with van der Waals surface area (Å²) in [5.74, 6) is -20.2. The maximum atomic E-state index is 15.1. The van der Waals surface area contributed by atoms with Gasteiger partial charge in [0.2, 0.25) is 29.4 Å². The van der Waals surface area contributed by atoms with Crippen LogP contribution in [0, 0.1) is 36.1 Å². The van der Waals surface area contributed by atoms with E-state index in [9.17, 15) is 56.6 Å². The summed E-state index contributed by atoms with van der Waals surface area (Å²) < 4.78 is 64.3. The van der Waals surface area contributed by atoms with Crippen molar-refractivity contribution < 1.29 is 65.8 Å². The van der Waals surface area contributed by atoms with Gasteiger partial charge < -0.3 is 41.7 Å². The second-order valence-electron chi connectivity index (χ2n) is 16.5. The van der Waals surface area contributed by atoms with Crippen LogP contribution in [-0.2, 0) is 33.5 Å². The Hall–Kier alpha value is -5.92. The SMILES string of the molecule is CCCC(NC(=O)[C@@H]1C[C@@H](OC(C)(C)C)CN1C(=O)[C@@H](NC(=O)c1c(F)c(F)c(F)c(F)c1C(=O)O)C1CCCCC1)C(=O)C(=O)NCC(=O)NC(C(N)=O)c1cccc(C)c1. The molecule has 1 saturated carbocycles. The third-order valence-corrected chi connectivity index (χ3v) is 10.6. The number of nitrogens with one attached hydrogen (secondary N) is 4. The predicted molar refractivity (Wildman–Crippen MR) is 212 cm³/mol. The molecule has 7 N–H and O–H groups in total. The topological polar surface area (TPSA) is 243 Å². The minimum absolute atomic E-state index is 0.0626. The molecule has 16 nitrogen and oxygen atoms in total. The predicted octanol–water partition coefficient (Wildman–Crippen LogP) is 3.03. The van der Waals surface area contributed by atoms with Crippen molar-refractivity contribution in [2.24, 2.45) is 11.7 Å². The quantitative estimate of drug-likeness (QED) is 0.0588. The van der Waals surface area contributed by atoms with Crippen molar-refractivity contribution in [2.75, 3.05) is 13.1 Å². The molecular formula is C42H52F4N6O10. The number of halogens is 4. The lowest BCUT2D eigenvalue weighted by molar-refractivity contribution is -0.143. The second kappa shape index (κ2) is 20.8. The van der Waals surface area contributed by atoms with Gasteiger partial charge in [0.1, 0.15) is 23.7 Å². The lowest BCUT2D eigenvalue weighted by Crippen LogP contribution is -2.58. The number of hydrogen-bond donors (Lipinski definition) is 6. The Morgan fingerprint density at radius 1 is 0.903 bits per heavy atom. The number of Topliss-reactive ketones (excluding diaryl/α,β-unsaturated/α-hetero) is 1. The molecule has 1 saturated heterocycles. The first-order valence-corrected chi connectivity index (χ1v) is 20.2. The molecule has 2 fully saturated rings. The molecule has 4 rings (SSSR count). The molecular weight excluding hydrogens is 824 g/mol. The third kappa shape index (κ3) is 11.9. The van der Waals surface area contributed by atoms with Crippen molar-refractivity contribution in [3.63, 3.8) is 0 Å². The van der Waals surface area contributed by atoms with Crippen LogP contribution < -0.4 is 27.0 Å². The summed E-state index contributed by atoms with van der Waals surface area (Å²) in [5.41, 5.74) is 2.39. The molecule has 338 valence electrons. The van der Waals surface area contributed by atoms with E-state index in [0.717, 1.165) is 16.9 Å². The molecule has 20 heteroatoms. The first kappa shape index (κ1) is 48.7. The fraction of sp³-hybridized carbons (Fsp3) is 0.524. The monoisotopic (exact) mass is 876 g/mol. The molecule has 2 aromatic carbocycles. The Morgan fingerprint density at radius 3 is 2.10 bits per heavy atom. The molecule has 0 bridgehead atoms. The standard InChI is InChI=1S/C42H52F4N6O10/c1-6-11-24(35(54)39(58)48-18-26(53)50-33(36(47)55)22-15-10-12-20(2)16-22)49-37(56)25-17-23(62-42(3,4)5)19-52(25)40(59)34(21-13-8-7-9-14-21)51-38(57)27-28(41(60)61)30(44)32(46)31(45)29(27)43/h10,12,15-16,21,23-25,33-34H,6-9,11,13-14,17-19H2,1-5H3,(H2,47,55)(H,48,58)(H,49,56)(H,50,53)(H,51,57)(H,60,61)/t23-,24?,25+,33?,34+/m1/s1. The number of carboxylic acid groups (broad SMARTS) is 1. The van der Waals surface area contributed by atoms with Gasteiger partial charge in [0.05, 0.1) is 29.9 Å². The van der Waals surface area contributed by atoms with Gasteiger partial charge in [-0.15, -0.1) is 0 Å². The molecule has 0 spiro atoms. The van der Waals surface area contributed by atoms with Crippen molar-refractivity contribution in [2.45, 2.75) is 122 Å². The van der Waals surface area contributed by atoms with Gasteiger partial charge in [-0.25, -0.2) is 22.4 Å². The molecule has 62 heavy (non-hydrogen) atoms. The zero-order chi connectivity index (χ0) is 46.2. The van der Waals surface area contributed by atoms with Gasteiger partial charge in [0, 0.05) is 13.0 Å². The number of carbonyl (C=O) groups excluding carboxylic acids is 7. The van der Waals surface area contributed by atoms with Crippen molar-refractivity contribution in [1.29, 1.82) is 0 Å². The first-order chi connectivity index (χ1) is 29.1. The number of hydrogen-bond acceptors (Lipinski definition) is 9. The van der Waals surface area contributed by atoms with Gasteiger partial charge >= 0.3 is 5.97 Å². The van der Waals surface area contributed by atoms with Crippen LogP contribution in [0.15, 0.2) is 24.3 Å². The lowest BCUT2D eigenvalue weighted by atomic mass is 9.83. The fourth-order valence-electron chi connectivity index (χ4n) is 7.77. The number of rotatable bonds is 17. The van der Waals surface area contributed by atoms with E-state index < -0.39 is 130 Å². The van der Waals surface area contributed by atoms with Crippen LogP contribution in [0.4, 0.5) is 17.6 Å². The van der Waals surface area contributed by atoms with Crippen molar-refractivity contribution >= 4 is 47.2 Å². The number of ketones is 1. The summed E-state index contributed by atoms with van der Waals surface area (Å²) in [4.78, 5) is 107. The van der Waals surface area contributed by atoms with E-state index in [4.69, 9.17) is 10.5 Å². The number of aryl methyl sites for hydroxylation is 1. The average Bonchev–Trinajstić information content (AvgIpc) is 3.63. The van der Waals surface area contributed by atoms with Crippen LogP contribution in [0.1, 0.15) is 117 Å². The van der Waals surface area contributed by atoms with Crippen LogP contribution in [0.5, 0.6) is 0 Å². The number of benzene rings is 2.